The molecule has 10 nitrogen and oxygen atoms in total. The highest BCUT2D eigenvalue weighted by atomic mass is 35.5. The third-order valence-electron chi connectivity index (χ3n) is 13.2. The fourth-order valence-electron chi connectivity index (χ4n) is 9.24. The number of amides is 2. The third-order valence-corrected chi connectivity index (χ3v) is 13.9. The van der Waals surface area contributed by atoms with E-state index in [2.05, 4.69) is 34.0 Å². The summed E-state index contributed by atoms with van der Waals surface area (Å²) in [5.74, 6) is 0.271. The Bertz CT molecular complexity index is 2750. The zero-order valence-electron chi connectivity index (χ0n) is 41.8. The monoisotopic (exact) mass is 1110 g/mol. The third kappa shape index (κ3) is 18.0. The molecule has 0 spiro atoms. The second-order valence-corrected chi connectivity index (χ2v) is 21.4. The summed E-state index contributed by atoms with van der Waals surface area (Å²) in [7, 11) is 3.27. The van der Waals surface area contributed by atoms with Crippen LogP contribution in [0.25, 0.3) is 21.8 Å². The van der Waals surface area contributed by atoms with Gasteiger partial charge >= 0.3 is 12.4 Å². The second kappa shape index (κ2) is 26.8. The summed E-state index contributed by atoms with van der Waals surface area (Å²) in [4.78, 5) is 35.6. The maximum atomic E-state index is 13.5. The number of hydrogen-bond acceptors (Lipinski definition) is 6. The van der Waals surface area contributed by atoms with Crippen LogP contribution < -0.4 is 14.8 Å². The number of piperidine rings is 2. The van der Waals surface area contributed by atoms with Crippen LogP contribution in [0.15, 0.2) is 97.1 Å². The van der Waals surface area contributed by atoms with E-state index in [0.29, 0.717) is 44.9 Å². The van der Waals surface area contributed by atoms with Crippen LogP contribution >= 0.6 is 34.8 Å². The lowest BCUT2D eigenvalue weighted by Crippen LogP contribution is -2.50. The number of halogens is 9. The fraction of sp³-hybridized carbons (Fsp3) is 0.464. The molecule has 3 N–H and O–H groups in total. The van der Waals surface area contributed by atoms with Crippen molar-refractivity contribution in [3.63, 3.8) is 0 Å². The van der Waals surface area contributed by atoms with Gasteiger partial charge < -0.3 is 34.6 Å². The van der Waals surface area contributed by atoms with E-state index < -0.39 is 37.3 Å². The lowest BCUT2D eigenvalue weighted by atomic mass is 9.87. The zero-order valence-corrected chi connectivity index (χ0v) is 44.0. The van der Waals surface area contributed by atoms with E-state index in [9.17, 15) is 35.9 Å². The summed E-state index contributed by atoms with van der Waals surface area (Å²) in [6.07, 6.45) is -5.60. The Morgan fingerprint density at radius 2 is 1.08 bits per heavy atom. The van der Waals surface area contributed by atoms with E-state index in [4.69, 9.17) is 44.3 Å². The normalized spacial score (nSPS) is 16.3. The largest absolute Gasteiger partial charge is 0.497 e. The van der Waals surface area contributed by atoms with Gasteiger partial charge in [0.15, 0.2) is 0 Å². The van der Waals surface area contributed by atoms with Crippen LogP contribution in [0, 0.1) is 11.8 Å². The highest BCUT2D eigenvalue weighted by molar-refractivity contribution is 6.31. The Labute approximate surface area is 452 Å². The molecular weight excluding hydrogens is 1040 g/mol. The molecule has 2 fully saturated rings. The minimum atomic E-state index is -4.50. The maximum Gasteiger partial charge on any atom is 0.406 e. The number of ether oxygens (including phenoxy) is 2. The van der Waals surface area contributed by atoms with E-state index in [1.807, 2.05) is 62.4 Å². The Morgan fingerprint density at radius 3 is 1.49 bits per heavy atom. The van der Waals surface area contributed by atoms with Crippen LogP contribution in [0.5, 0.6) is 11.5 Å². The van der Waals surface area contributed by atoms with E-state index in [1.54, 1.807) is 62.8 Å². The molecule has 2 amide bonds. The molecule has 6 aromatic rings. The van der Waals surface area contributed by atoms with Crippen LogP contribution in [0.2, 0.25) is 10.0 Å². The summed E-state index contributed by atoms with van der Waals surface area (Å²) in [6.45, 7) is 8.68. The zero-order chi connectivity index (χ0) is 53.3. The van der Waals surface area contributed by atoms with Crippen LogP contribution in [0.1, 0.15) is 100 Å². The van der Waals surface area contributed by atoms with Gasteiger partial charge in [0.05, 0.1) is 19.1 Å². The van der Waals surface area contributed by atoms with Crippen LogP contribution in [-0.4, -0.2) is 115 Å². The van der Waals surface area contributed by atoms with E-state index in [1.165, 1.54) is 0 Å². The van der Waals surface area contributed by atoms with Gasteiger partial charge in [-0.15, -0.1) is 11.6 Å². The van der Waals surface area contributed by atoms with Crippen molar-refractivity contribution in [1.82, 2.24) is 30.0 Å². The molecule has 2 aliphatic heterocycles. The first-order valence-electron chi connectivity index (χ1n) is 24.0. The number of rotatable bonds is 13. The number of aromatic amines is 2. The molecule has 0 bridgehead atoms. The number of aromatic nitrogens is 2. The average molecular weight is 1110 g/mol. The molecule has 2 atom stereocenters. The van der Waals surface area contributed by atoms with Crippen LogP contribution in [-0.2, 0) is 10.4 Å². The van der Waals surface area contributed by atoms with Gasteiger partial charge in [-0.1, -0.05) is 62.3 Å². The van der Waals surface area contributed by atoms with Gasteiger partial charge in [-0.05, 0) is 169 Å². The quantitative estimate of drug-likeness (QED) is 0.0786. The van der Waals surface area contributed by atoms with Crippen LogP contribution in [0.4, 0.5) is 26.3 Å². The number of fused-ring (bicyclic) bond motifs is 2. The molecule has 75 heavy (non-hydrogen) atoms. The first-order chi connectivity index (χ1) is 34.3. The van der Waals surface area contributed by atoms with Crippen molar-refractivity contribution in [3.8, 4) is 11.5 Å². The number of carbonyl (C=O) groups is 2. The van der Waals surface area contributed by atoms with Gasteiger partial charge in [-0.25, -0.2) is 0 Å². The highest BCUT2D eigenvalue weighted by Gasteiger charge is 2.39. The molecular formula is C56H71Cl3F6N6O4. The molecule has 4 heterocycles. The minimum Gasteiger partial charge on any atom is -0.497 e. The van der Waals surface area contributed by atoms with Crippen molar-refractivity contribution in [2.75, 3.05) is 66.6 Å². The number of nitrogens with one attached hydrogen (secondary N) is 3. The van der Waals surface area contributed by atoms with Crippen LogP contribution in [0.3, 0.4) is 0 Å². The number of nitrogens with zero attached hydrogens (tertiary/aromatic N) is 3. The van der Waals surface area contributed by atoms with Crippen molar-refractivity contribution in [3.05, 3.63) is 130 Å². The molecule has 0 aliphatic carbocycles. The van der Waals surface area contributed by atoms with Crippen molar-refractivity contribution in [2.24, 2.45) is 11.8 Å². The standard InChI is InChI=1S/C27H31ClF3N3O2.C17H19ClF3N3O.C10H13ClO.2CH4/c1-26(2,20-6-9-22(36-3)10-7-20)34-12-4-5-18(16-34)15-33(17-27(29,30)31)25(35)24-14-19-13-21(28)8-11-23(19)32-24;18-13-3-4-14-12(6-13)7-15(23-14)16(25)24(10-17(19,20)21)9-11-2-1-5-22-8-11;1-10(2,11)8-4-6-9(12-3)7-5-8;;/h6-11,13-14,18,32H,4-5,12,15-17H2,1-3H3;3-4,6-7,11,22-23H,1-2,5,8-10H2;4-7H,1-3H3;2*1H4. The average Bonchev–Trinajstić information content (AvgIpc) is 3.97. The second-order valence-electron chi connectivity index (χ2n) is 19.6. The maximum absolute atomic E-state index is 13.5. The van der Waals surface area contributed by atoms with Gasteiger partial charge in [0.2, 0.25) is 0 Å². The molecule has 2 saturated heterocycles. The molecule has 8 rings (SSSR count). The smallest absolute Gasteiger partial charge is 0.406 e. The summed E-state index contributed by atoms with van der Waals surface area (Å²) in [5.41, 5.74) is 3.47. The van der Waals surface area contributed by atoms with Crippen molar-refractivity contribution >= 4 is 68.4 Å². The molecule has 4 aromatic carbocycles. The first kappa shape index (κ1) is 62.4. The highest BCUT2D eigenvalue weighted by Crippen LogP contribution is 2.35. The Kier molecular flexibility index (Phi) is 22.3. The summed E-state index contributed by atoms with van der Waals surface area (Å²) in [6, 6.07) is 28.9. The Balaban J connectivity index is 0.000000270. The molecule has 2 unspecified atom stereocenters. The SMILES string of the molecule is C.C.COc1ccc(C(C)(C)Cl)cc1.COc1ccc(C(C)(C)N2CCCC(CN(CC(F)(F)F)C(=O)c3cc4cc(Cl)ccc4[nH]3)C2)cc1.O=C(c1cc2cc(Cl)ccc2[nH]1)N(CC1CCCNC1)CC(F)(F)F. The predicted molar refractivity (Wildman–Crippen MR) is 292 cm³/mol. The Morgan fingerprint density at radius 1 is 0.640 bits per heavy atom. The molecule has 2 aliphatic rings. The number of hydrogen-bond donors (Lipinski definition) is 3. The molecule has 0 saturated carbocycles. The minimum absolute atomic E-state index is 0. The lowest BCUT2D eigenvalue weighted by Gasteiger charge is -2.45. The number of alkyl halides is 7. The predicted octanol–water partition coefficient (Wildman–Crippen LogP) is 14.7. The van der Waals surface area contributed by atoms with E-state index >= 15 is 0 Å². The Hall–Kier alpha value is -5.13. The van der Waals surface area contributed by atoms with Gasteiger partial charge in [-0.3, -0.25) is 14.5 Å². The number of benzene rings is 4. The van der Waals surface area contributed by atoms with Gasteiger partial charge in [0.1, 0.15) is 36.0 Å². The number of H-pyrrole nitrogens is 2. The number of carbonyl (C=O) groups excluding carboxylic acids is 2. The van der Waals surface area contributed by atoms with Gasteiger partial charge in [-0.2, -0.15) is 26.3 Å². The van der Waals surface area contributed by atoms with Gasteiger partial charge in [0, 0.05) is 57.0 Å². The van der Waals surface area contributed by atoms with Crippen molar-refractivity contribution < 1.29 is 45.4 Å². The van der Waals surface area contributed by atoms with E-state index in [-0.39, 0.29) is 61.6 Å². The number of likely N-dealkylation sites (tertiary alicyclic amines) is 1. The fourth-order valence-corrected chi connectivity index (χ4v) is 9.73. The molecule has 19 heteroatoms. The number of methoxy groups -OCH3 is 2. The topological polar surface area (TPSA) is 106 Å². The summed E-state index contributed by atoms with van der Waals surface area (Å²) >= 11 is 18.1. The van der Waals surface area contributed by atoms with Gasteiger partial charge in [0.25, 0.3) is 11.8 Å². The molecule has 2 aromatic heterocycles. The van der Waals surface area contributed by atoms with Crippen molar-refractivity contribution in [2.45, 2.75) is 91.0 Å². The molecule has 412 valence electrons. The van der Waals surface area contributed by atoms with Crippen molar-refractivity contribution in [1.29, 1.82) is 0 Å². The van der Waals surface area contributed by atoms with E-state index in [0.717, 1.165) is 71.2 Å². The summed E-state index contributed by atoms with van der Waals surface area (Å²) in [5, 5.41) is 5.55. The lowest BCUT2D eigenvalue weighted by molar-refractivity contribution is -0.142. The summed E-state index contributed by atoms with van der Waals surface area (Å²) < 4.78 is 89.7. The molecule has 0 radical (unpaired) electrons. The first-order valence-corrected chi connectivity index (χ1v) is 25.2.